The van der Waals surface area contributed by atoms with Crippen LogP contribution in [0.3, 0.4) is 0 Å². The van der Waals surface area contributed by atoms with Crippen LogP contribution in [0.5, 0.6) is 0 Å². The van der Waals surface area contributed by atoms with Crippen molar-refractivity contribution in [3.8, 4) is 10.7 Å². The first-order valence-corrected chi connectivity index (χ1v) is 10.2. The fourth-order valence-corrected chi connectivity index (χ4v) is 3.62. The highest BCUT2D eigenvalue weighted by molar-refractivity contribution is 7.13. The lowest BCUT2D eigenvalue weighted by Gasteiger charge is -2.11. The lowest BCUT2D eigenvalue weighted by atomic mass is 10.2. The van der Waals surface area contributed by atoms with Crippen molar-refractivity contribution in [2.45, 2.75) is 19.8 Å². The number of nitrogens with zero attached hydrogens (tertiary/aromatic N) is 4. The van der Waals surface area contributed by atoms with Gasteiger partial charge in [0.1, 0.15) is 5.52 Å². The van der Waals surface area contributed by atoms with Gasteiger partial charge in [-0.15, -0.1) is 21.5 Å². The first-order chi connectivity index (χ1) is 13.4. The van der Waals surface area contributed by atoms with E-state index in [9.17, 15) is 0 Å². The lowest BCUT2D eigenvalue weighted by molar-refractivity contribution is 0.651. The van der Waals surface area contributed by atoms with Crippen LogP contribution in [-0.2, 0) is 0 Å². The highest BCUT2D eigenvalue weighted by Gasteiger charge is 2.14. The summed E-state index contributed by atoms with van der Waals surface area (Å²) in [5, 5.41) is 18.7. The minimum Gasteiger partial charge on any atom is -0.368 e. The molecule has 4 rings (SSSR count). The molecular weight excluding hydrogens is 356 g/mol. The number of aromatic nitrogens is 4. The van der Waals surface area contributed by atoms with E-state index in [0.29, 0.717) is 0 Å². The second-order valence-electron chi connectivity index (χ2n) is 6.32. The van der Waals surface area contributed by atoms with E-state index in [1.165, 1.54) is 0 Å². The van der Waals surface area contributed by atoms with Gasteiger partial charge in [-0.3, -0.25) is 0 Å². The van der Waals surface area contributed by atoms with Crippen LogP contribution in [0, 0.1) is 0 Å². The predicted octanol–water partition coefficient (Wildman–Crippen LogP) is 4.10. The van der Waals surface area contributed by atoms with Gasteiger partial charge < -0.3 is 10.6 Å². The van der Waals surface area contributed by atoms with Crippen LogP contribution >= 0.6 is 11.3 Å². The molecule has 0 atom stereocenters. The molecule has 1 aromatic carbocycles. The summed E-state index contributed by atoms with van der Waals surface area (Å²) in [6.07, 6.45) is 2.16. The molecule has 0 aliphatic rings. The molecule has 0 aliphatic carbocycles. The molecule has 0 saturated carbocycles. The van der Waals surface area contributed by atoms with E-state index in [2.05, 4.69) is 27.8 Å². The molecular formula is C20H22N6S. The summed E-state index contributed by atoms with van der Waals surface area (Å²) in [4.78, 5) is 10.6. The smallest absolute Gasteiger partial charge is 0.172 e. The SMILES string of the molecule is CCCNCCCNc1nc(-c2cccs2)nc2c1nnc1ccccc12. The van der Waals surface area contributed by atoms with E-state index in [0.717, 1.165) is 70.9 Å². The minimum absolute atomic E-state index is 0.718. The molecule has 7 heteroatoms. The van der Waals surface area contributed by atoms with Crippen molar-refractivity contribution < 1.29 is 0 Å². The predicted molar refractivity (Wildman–Crippen MR) is 112 cm³/mol. The third-order valence-corrected chi connectivity index (χ3v) is 5.16. The quantitative estimate of drug-likeness (QED) is 0.355. The minimum atomic E-state index is 0.718. The maximum Gasteiger partial charge on any atom is 0.172 e. The van der Waals surface area contributed by atoms with Gasteiger partial charge in [-0.05, 0) is 43.4 Å². The molecule has 27 heavy (non-hydrogen) atoms. The van der Waals surface area contributed by atoms with Crippen LogP contribution in [0.25, 0.3) is 32.6 Å². The molecule has 3 aromatic heterocycles. The molecule has 0 radical (unpaired) electrons. The number of benzene rings is 1. The van der Waals surface area contributed by atoms with Gasteiger partial charge in [0.05, 0.1) is 10.4 Å². The largest absolute Gasteiger partial charge is 0.368 e. The highest BCUT2D eigenvalue weighted by atomic mass is 32.1. The molecule has 2 N–H and O–H groups in total. The number of fused-ring (bicyclic) bond motifs is 3. The zero-order valence-electron chi connectivity index (χ0n) is 15.3. The number of nitrogens with one attached hydrogen (secondary N) is 2. The third kappa shape index (κ3) is 3.89. The molecule has 0 unspecified atom stereocenters. The van der Waals surface area contributed by atoms with Gasteiger partial charge >= 0.3 is 0 Å². The average Bonchev–Trinajstić information content (AvgIpc) is 3.25. The van der Waals surface area contributed by atoms with E-state index in [1.807, 2.05) is 41.8 Å². The fraction of sp³-hybridized carbons (Fsp3) is 0.300. The number of thiophene rings is 1. The Morgan fingerprint density at radius 1 is 0.926 bits per heavy atom. The summed E-state index contributed by atoms with van der Waals surface area (Å²) < 4.78 is 0. The molecule has 6 nitrogen and oxygen atoms in total. The van der Waals surface area contributed by atoms with Crippen LogP contribution in [0.1, 0.15) is 19.8 Å². The Bertz CT molecular complexity index is 1030. The molecule has 0 spiro atoms. The normalized spacial score (nSPS) is 11.3. The van der Waals surface area contributed by atoms with Gasteiger partial charge in [0.15, 0.2) is 17.2 Å². The molecule has 0 aliphatic heterocycles. The van der Waals surface area contributed by atoms with Crippen LogP contribution < -0.4 is 10.6 Å². The van der Waals surface area contributed by atoms with Crippen molar-refractivity contribution in [2.24, 2.45) is 0 Å². The van der Waals surface area contributed by atoms with Crippen molar-refractivity contribution >= 4 is 39.1 Å². The lowest BCUT2D eigenvalue weighted by Crippen LogP contribution is -2.19. The Balaban J connectivity index is 1.71. The van der Waals surface area contributed by atoms with Gasteiger partial charge in [0, 0.05) is 11.9 Å². The summed E-state index contributed by atoms with van der Waals surface area (Å²) in [7, 11) is 0. The molecule has 4 aromatic rings. The number of hydrogen-bond acceptors (Lipinski definition) is 7. The molecule has 0 bridgehead atoms. The van der Waals surface area contributed by atoms with Gasteiger partial charge in [0.25, 0.3) is 0 Å². The Hall–Kier alpha value is -2.64. The first kappa shape index (κ1) is 17.8. The summed E-state index contributed by atoms with van der Waals surface area (Å²) in [5.74, 6) is 1.47. The van der Waals surface area contributed by atoms with E-state index < -0.39 is 0 Å². The van der Waals surface area contributed by atoms with E-state index >= 15 is 0 Å². The highest BCUT2D eigenvalue weighted by Crippen LogP contribution is 2.29. The molecule has 0 saturated heterocycles. The summed E-state index contributed by atoms with van der Waals surface area (Å²) in [6, 6.07) is 12.0. The second-order valence-corrected chi connectivity index (χ2v) is 7.27. The van der Waals surface area contributed by atoms with Crippen LogP contribution in [0.4, 0.5) is 5.82 Å². The van der Waals surface area contributed by atoms with Crippen molar-refractivity contribution in [1.29, 1.82) is 0 Å². The summed E-state index contributed by atoms with van der Waals surface area (Å²) in [6.45, 7) is 5.03. The Labute approximate surface area is 162 Å². The van der Waals surface area contributed by atoms with Crippen LogP contribution in [-0.4, -0.2) is 39.8 Å². The summed E-state index contributed by atoms with van der Waals surface area (Å²) >= 11 is 1.64. The second kappa shape index (κ2) is 8.37. The molecule has 0 amide bonds. The monoisotopic (exact) mass is 378 g/mol. The average molecular weight is 379 g/mol. The van der Waals surface area contributed by atoms with E-state index in [4.69, 9.17) is 9.97 Å². The maximum atomic E-state index is 4.82. The number of hydrogen-bond donors (Lipinski definition) is 2. The standard InChI is InChI=1S/C20H22N6S/c1-2-10-21-11-6-12-22-20-18-17(14-7-3-4-8-15(14)25-26-18)23-19(24-20)16-9-5-13-27-16/h3-5,7-9,13,21H,2,6,10-12H2,1H3,(H,22,23,24). The Kier molecular flexibility index (Phi) is 5.50. The van der Waals surface area contributed by atoms with E-state index in [1.54, 1.807) is 11.3 Å². The van der Waals surface area contributed by atoms with Crippen molar-refractivity contribution in [2.75, 3.05) is 25.0 Å². The maximum absolute atomic E-state index is 4.82. The van der Waals surface area contributed by atoms with Crippen LogP contribution in [0.2, 0.25) is 0 Å². The van der Waals surface area contributed by atoms with Gasteiger partial charge in [-0.1, -0.05) is 31.2 Å². The Morgan fingerprint density at radius 3 is 2.70 bits per heavy atom. The summed E-state index contributed by atoms with van der Waals surface area (Å²) in [5.41, 5.74) is 2.40. The van der Waals surface area contributed by atoms with E-state index in [-0.39, 0.29) is 0 Å². The third-order valence-electron chi connectivity index (χ3n) is 4.29. The topological polar surface area (TPSA) is 75.6 Å². The Morgan fingerprint density at radius 2 is 1.85 bits per heavy atom. The van der Waals surface area contributed by atoms with Crippen LogP contribution in [0.15, 0.2) is 41.8 Å². The fourth-order valence-electron chi connectivity index (χ4n) is 2.96. The molecule has 3 heterocycles. The van der Waals surface area contributed by atoms with Gasteiger partial charge in [-0.25, -0.2) is 9.97 Å². The zero-order valence-corrected chi connectivity index (χ0v) is 16.1. The van der Waals surface area contributed by atoms with Gasteiger partial charge in [-0.2, -0.15) is 0 Å². The number of anilines is 1. The molecule has 0 fully saturated rings. The van der Waals surface area contributed by atoms with Crippen molar-refractivity contribution in [1.82, 2.24) is 25.5 Å². The zero-order chi connectivity index (χ0) is 18.5. The first-order valence-electron chi connectivity index (χ1n) is 9.28. The molecule has 138 valence electrons. The van der Waals surface area contributed by atoms with Gasteiger partial charge in [0.2, 0.25) is 0 Å². The van der Waals surface area contributed by atoms with Crippen molar-refractivity contribution in [3.05, 3.63) is 41.8 Å². The van der Waals surface area contributed by atoms with Crippen molar-refractivity contribution in [3.63, 3.8) is 0 Å². The number of rotatable bonds is 8.